The van der Waals surface area contributed by atoms with E-state index in [-0.39, 0.29) is 22.5 Å². The third kappa shape index (κ3) is 4.90. The van der Waals surface area contributed by atoms with Crippen molar-refractivity contribution in [2.75, 3.05) is 10.6 Å². The zero-order valence-electron chi connectivity index (χ0n) is 14.6. The van der Waals surface area contributed by atoms with E-state index in [2.05, 4.69) is 20.8 Å². The third-order valence-corrected chi connectivity index (χ3v) is 5.47. The maximum Gasteiger partial charge on any atom is 0.416 e. The molecule has 0 bridgehead atoms. The van der Waals surface area contributed by atoms with Crippen molar-refractivity contribution in [3.05, 3.63) is 33.8 Å². The van der Waals surface area contributed by atoms with Crippen LogP contribution in [0.5, 0.6) is 0 Å². The van der Waals surface area contributed by atoms with Crippen molar-refractivity contribution >= 4 is 39.7 Å². The smallest absolute Gasteiger partial charge is 0.372 e. The molecule has 0 saturated heterocycles. The van der Waals surface area contributed by atoms with Crippen LogP contribution in [0.15, 0.2) is 18.2 Å². The van der Waals surface area contributed by atoms with Crippen LogP contribution in [-0.4, -0.2) is 22.1 Å². The standard InChI is InChI=1S/C17H18ClF3N4OS/c1-8(2)13(14(26)23-16-25-24-15(27-16)9-3-4-9)22-12-6-5-10(7-11(12)18)17(19,20)21/h5-9,13,22H,3-4H2,1-2H3,(H,23,25,26). The molecule has 1 atom stereocenters. The number of halogens is 4. The second-order valence-electron chi connectivity index (χ2n) is 6.77. The summed E-state index contributed by atoms with van der Waals surface area (Å²) in [5, 5.41) is 14.9. The molecule has 27 heavy (non-hydrogen) atoms. The summed E-state index contributed by atoms with van der Waals surface area (Å²) in [5.41, 5.74) is -0.584. The Morgan fingerprint density at radius 3 is 2.56 bits per heavy atom. The van der Waals surface area contributed by atoms with Gasteiger partial charge in [0.2, 0.25) is 11.0 Å². The predicted octanol–water partition coefficient (Wildman–Crippen LogP) is 5.16. The van der Waals surface area contributed by atoms with Gasteiger partial charge in [0.1, 0.15) is 11.0 Å². The molecule has 1 aromatic carbocycles. The quantitative estimate of drug-likeness (QED) is 0.679. The van der Waals surface area contributed by atoms with Gasteiger partial charge in [-0.2, -0.15) is 13.2 Å². The number of amides is 1. The lowest BCUT2D eigenvalue weighted by molar-refractivity contribution is -0.137. The molecular formula is C17H18ClF3N4OS. The molecule has 1 saturated carbocycles. The number of hydrogen-bond donors (Lipinski definition) is 2. The highest BCUT2D eigenvalue weighted by molar-refractivity contribution is 7.15. The topological polar surface area (TPSA) is 66.9 Å². The van der Waals surface area contributed by atoms with E-state index in [0.717, 1.165) is 30.0 Å². The molecule has 1 unspecified atom stereocenters. The first kappa shape index (κ1) is 19.9. The zero-order valence-corrected chi connectivity index (χ0v) is 16.2. The van der Waals surface area contributed by atoms with Gasteiger partial charge in [0, 0.05) is 5.92 Å². The lowest BCUT2D eigenvalue weighted by Crippen LogP contribution is -2.39. The second-order valence-corrected chi connectivity index (χ2v) is 8.18. The highest BCUT2D eigenvalue weighted by Crippen LogP contribution is 2.42. The van der Waals surface area contributed by atoms with Gasteiger partial charge in [0.05, 0.1) is 16.3 Å². The monoisotopic (exact) mass is 418 g/mol. The van der Waals surface area contributed by atoms with Gasteiger partial charge in [-0.25, -0.2) is 0 Å². The van der Waals surface area contributed by atoms with Crippen molar-refractivity contribution in [2.24, 2.45) is 5.92 Å². The van der Waals surface area contributed by atoms with Crippen LogP contribution in [0, 0.1) is 5.92 Å². The average molecular weight is 419 g/mol. The Kier molecular flexibility index (Phi) is 5.62. The molecule has 1 fully saturated rings. The lowest BCUT2D eigenvalue weighted by atomic mass is 10.0. The molecule has 146 valence electrons. The highest BCUT2D eigenvalue weighted by Gasteiger charge is 2.32. The van der Waals surface area contributed by atoms with Crippen LogP contribution in [0.2, 0.25) is 5.02 Å². The third-order valence-electron chi connectivity index (χ3n) is 4.15. The predicted molar refractivity (Wildman–Crippen MR) is 99.2 cm³/mol. The molecule has 0 radical (unpaired) electrons. The molecule has 2 aromatic rings. The van der Waals surface area contributed by atoms with Gasteiger partial charge in [-0.05, 0) is 37.0 Å². The van der Waals surface area contributed by atoms with Gasteiger partial charge in [-0.1, -0.05) is 36.8 Å². The number of rotatable bonds is 6. The lowest BCUT2D eigenvalue weighted by Gasteiger charge is -2.23. The number of carbonyl (C=O) groups is 1. The second kappa shape index (κ2) is 7.63. The molecule has 1 aliphatic rings. The summed E-state index contributed by atoms with van der Waals surface area (Å²) in [6, 6.07) is 2.29. The first-order valence-electron chi connectivity index (χ1n) is 8.42. The van der Waals surface area contributed by atoms with E-state index in [0.29, 0.717) is 11.0 Å². The first-order valence-corrected chi connectivity index (χ1v) is 9.62. The van der Waals surface area contributed by atoms with Gasteiger partial charge in [-0.3, -0.25) is 10.1 Å². The molecule has 0 aliphatic heterocycles. The molecule has 3 rings (SSSR count). The van der Waals surface area contributed by atoms with Crippen molar-refractivity contribution in [1.29, 1.82) is 0 Å². The molecule has 1 heterocycles. The summed E-state index contributed by atoms with van der Waals surface area (Å²) in [6.45, 7) is 3.65. The van der Waals surface area contributed by atoms with Crippen molar-refractivity contribution in [3.8, 4) is 0 Å². The van der Waals surface area contributed by atoms with E-state index < -0.39 is 17.8 Å². The van der Waals surface area contributed by atoms with E-state index >= 15 is 0 Å². The van der Waals surface area contributed by atoms with Gasteiger partial charge in [0.25, 0.3) is 0 Å². The maximum absolute atomic E-state index is 12.8. The average Bonchev–Trinajstić information content (AvgIpc) is 3.32. The molecule has 5 nitrogen and oxygen atoms in total. The molecule has 2 N–H and O–H groups in total. The number of anilines is 2. The minimum Gasteiger partial charge on any atom is -0.372 e. The van der Waals surface area contributed by atoms with Gasteiger partial charge >= 0.3 is 6.18 Å². The summed E-state index contributed by atoms with van der Waals surface area (Å²) < 4.78 is 38.3. The number of alkyl halides is 3. The molecule has 1 aromatic heterocycles. The van der Waals surface area contributed by atoms with Crippen LogP contribution in [0.3, 0.4) is 0 Å². The van der Waals surface area contributed by atoms with Crippen molar-refractivity contribution in [1.82, 2.24) is 10.2 Å². The fourth-order valence-corrected chi connectivity index (χ4v) is 3.62. The summed E-state index contributed by atoms with van der Waals surface area (Å²) in [4.78, 5) is 12.6. The van der Waals surface area contributed by atoms with Crippen molar-refractivity contribution in [3.63, 3.8) is 0 Å². The van der Waals surface area contributed by atoms with E-state index in [9.17, 15) is 18.0 Å². The molecule has 10 heteroatoms. The fourth-order valence-electron chi connectivity index (χ4n) is 2.47. The molecular weight excluding hydrogens is 401 g/mol. The minimum absolute atomic E-state index is 0.102. The van der Waals surface area contributed by atoms with E-state index in [1.54, 1.807) is 0 Å². The summed E-state index contributed by atoms with van der Waals surface area (Å²) >= 11 is 7.32. The van der Waals surface area contributed by atoms with Crippen molar-refractivity contribution < 1.29 is 18.0 Å². The van der Waals surface area contributed by atoms with E-state index in [1.165, 1.54) is 17.4 Å². The Morgan fingerprint density at radius 1 is 1.30 bits per heavy atom. The largest absolute Gasteiger partial charge is 0.416 e. The first-order chi connectivity index (χ1) is 12.6. The van der Waals surface area contributed by atoms with Gasteiger partial charge < -0.3 is 5.32 Å². The Balaban J connectivity index is 1.72. The van der Waals surface area contributed by atoms with E-state index in [4.69, 9.17) is 11.6 Å². The minimum atomic E-state index is -4.48. The Bertz CT molecular complexity index is 836. The molecule has 1 aliphatic carbocycles. The van der Waals surface area contributed by atoms with Crippen LogP contribution in [0.25, 0.3) is 0 Å². The maximum atomic E-state index is 12.8. The van der Waals surface area contributed by atoms with Gasteiger partial charge in [-0.15, -0.1) is 10.2 Å². The van der Waals surface area contributed by atoms with Crippen molar-refractivity contribution in [2.45, 2.75) is 44.8 Å². The van der Waals surface area contributed by atoms with Crippen LogP contribution in [0.1, 0.15) is 43.2 Å². The Morgan fingerprint density at radius 2 is 2.00 bits per heavy atom. The highest BCUT2D eigenvalue weighted by atomic mass is 35.5. The number of benzene rings is 1. The zero-order chi connectivity index (χ0) is 19.8. The van der Waals surface area contributed by atoms with Crippen LogP contribution in [-0.2, 0) is 11.0 Å². The van der Waals surface area contributed by atoms with Crippen LogP contribution >= 0.6 is 22.9 Å². The normalized spacial score (nSPS) is 15.7. The number of hydrogen-bond acceptors (Lipinski definition) is 5. The van der Waals surface area contributed by atoms with Crippen LogP contribution < -0.4 is 10.6 Å². The Hall–Kier alpha value is -1.87. The summed E-state index contributed by atoms with van der Waals surface area (Å²) in [6.07, 6.45) is -2.30. The summed E-state index contributed by atoms with van der Waals surface area (Å²) in [5.74, 6) is -0.0447. The molecule has 1 amide bonds. The number of carbonyl (C=O) groups excluding carboxylic acids is 1. The number of nitrogens with zero attached hydrogens (tertiary/aromatic N) is 2. The number of nitrogens with one attached hydrogen (secondary N) is 2. The number of aromatic nitrogens is 2. The van der Waals surface area contributed by atoms with Crippen LogP contribution in [0.4, 0.5) is 24.0 Å². The molecule has 0 spiro atoms. The fraction of sp³-hybridized carbons (Fsp3) is 0.471. The van der Waals surface area contributed by atoms with E-state index in [1.807, 2.05) is 13.8 Å². The van der Waals surface area contributed by atoms with Gasteiger partial charge in [0.15, 0.2) is 0 Å². The SMILES string of the molecule is CC(C)C(Nc1ccc(C(F)(F)F)cc1Cl)C(=O)Nc1nnc(C2CC2)s1. The Labute approximate surface area is 163 Å². The summed E-state index contributed by atoms with van der Waals surface area (Å²) in [7, 11) is 0.